The highest BCUT2D eigenvalue weighted by Crippen LogP contribution is 2.44. The molecule has 5 nitrogen and oxygen atoms in total. The van der Waals surface area contributed by atoms with Crippen LogP contribution in [-0.2, 0) is 0 Å². The number of nitrogens with one attached hydrogen (secondary N) is 1. The third-order valence-electron chi connectivity index (χ3n) is 9.45. The van der Waals surface area contributed by atoms with E-state index in [1.807, 2.05) is 97.4 Å². The molecule has 1 aromatic heterocycles. The van der Waals surface area contributed by atoms with Crippen LogP contribution in [0.25, 0.3) is 49.0 Å². The van der Waals surface area contributed by atoms with Crippen LogP contribution in [0.4, 0.5) is 11.4 Å². The molecular formula is C47H32N4OS. The van der Waals surface area contributed by atoms with Crippen LogP contribution in [0.2, 0.25) is 0 Å². The van der Waals surface area contributed by atoms with E-state index in [4.69, 9.17) is 20.1 Å². The first-order valence-electron chi connectivity index (χ1n) is 17.3. The van der Waals surface area contributed by atoms with E-state index in [1.54, 1.807) is 17.6 Å². The molecule has 0 atom stereocenters. The Morgan fingerprint density at radius 3 is 2.23 bits per heavy atom. The summed E-state index contributed by atoms with van der Waals surface area (Å²) in [4.78, 5) is 12.0. The minimum absolute atomic E-state index is 0.143. The average Bonchev–Trinajstić information content (AvgIpc) is 3.49. The zero-order chi connectivity index (χ0) is 35.7. The predicted molar refractivity (Wildman–Crippen MR) is 225 cm³/mol. The van der Waals surface area contributed by atoms with Gasteiger partial charge in [0.15, 0.2) is 11.7 Å². The lowest BCUT2D eigenvalue weighted by atomic mass is 9.95. The van der Waals surface area contributed by atoms with E-state index in [1.165, 1.54) is 20.2 Å². The van der Waals surface area contributed by atoms with Gasteiger partial charge in [0.2, 0.25) is 0 Å². The molecule has 0 amide bonds. The van der Waals surface area contributed by atoms with Crippen LogP contribution in [0.5, 0.6) is 5.75 Å². The van der Waals surface area contributed by atoms with Gasteiger partial charge >= 0.3 is 0 Å². The Morgan fingerprint density at radius 2 is 1.40 bits per heavy atom. The van der Waals surface area contributed by atoms with Crippen molar-refractivity contribution in [1.82, 2.24) is 0 Å². The molecule has 0 fully saturated rings. The summed E-state index contributed by atoms with van der Waals surface area (Å²) in [5.74, 6) is 1.36. The Labute approximate surface area is 311 Å². The quantitative estimate of drug-likeness (QED) is 0.147. The lowest BCUT2D eigenvalue weighted by Gasteiger charge is -2.23. The number of benzene rings is 6. The smallest absolute Gasteiger partial charge is 0.163 e. The number of nitrogens with zero attached hydrogens (tertiary/aromatic N) is 3. The Bertz CT molecular complexity index is 2730. The molecule has 3 heterocycles. The zero-order valence-corrected chi connectivity index (χ0v) is 29.4. The van der Waals surface area contributed by atoms with Crippen LogP contribution in [0.1, 0.15) is 27.8 Å². The monoisotopic (exact) mass is 700 g/mol. The lowest BCUT2D eigenvalue weighted by molar-refractivity contribution is 0.481. The number of anilines is 2. The van der Waals surface area contributed by atoms with Crippen molar-refractivity contribution in [3.63, 3.8) is 0 Å². The van der Waals surface area contributed by atoms with E-state index in [2.05, 4.69) is 84.3 Å². The highest BCUT2D eigenvalue weighted by Gasteiger charge is 2.22. The van der Waals surface area contributed by atoms with Crippen molar-refractivity contribution in [1.29, 1.82) is 5.41 Å². The van der Waals surface area contributed by atoms with Gasteiger partial charge < -0.3 is 4.74 Å². The van der Waals surface area contributed by atoms with Gasteiger partial charge in [-0.2, -0.15) is 0 Å². The summed E-state index contributed by atoms with van der Waals surface area (Å²) in [5.41, 5.74) is 9.44. The molecule has 6 aromatic carbocycles. The fourth-order valence-corrected chi connectivity index (χ4v) is 7.96. The molecule has 1 N–H and O–H groups in total. The van der Waals surface area contributed by atoms with Crippen LogP contribution in [-0.4, -0.2) is 18.0 Å². The highest BCUT2D eigenvalue weighted by atomic mass is 32.1. The molecule has 7 aromatic rings. The number of allylic oxidation sites excluding steroid dienone is 4. The van der Waals surface area contributed by atoms with Crippen LogP contribution < -0.4 is 9.64 Å². The van der Waals surface area contributed by atoms with Gasteiger partial charge in [0.1, 0.15) is 12.1 Å². The van der Waals surface area contributed by atoms with Gasteiger partial charge in [-0.15, -0.1) is 11.3 Å². The molecule has 6 heteroatoms. The number of hydrogen-bond acceptors (Lipinski definition) is 3. The summed E-state index contributed by atoms with van der Waals surface area (Å²) in [7, 11) is 0. The van der Waals surface area contributed by atoms with Crippen LogP contribution in [0, 0.1) is 5.41 Å². The molecule has 0 unspecified atom stereocenters. The number of fused-ring (bicyclic) bond motifs is 6. The van der Waals surface area contributed by atoms with E-state index >= 15 is 0 Å². The minimum atomic E-state index is 0.143. The number of amidine groups is 2. The SMILES string of the molecule is C=C1/C=C\C=C/Oc2c1cccc2-c1ccc2c(c1)C=Cc1cc3sc4ccccc4c3cc1N2C=NC(=NC(=N)c1ccccc1)c1ccccc1. The first-order valence-corrected chi connectivity index (χ1v) is 18.1. The van der Waals surface area contributed by atoms with Gasteiger partial charge in [0, 0.05) is 48.0 Å². The number of rotatable bonds is 4. The van der Waals surface area contributed by atoms with Crippen LogP contribution in [0.3, 0.4) is 0 Å². The number of hydrogen-bond donors (Lipinski definition) is 1. The summed E-state index contributed by atoms with van der Waals surface area (Å²) >= 11 is 1.80. The maximum absolute atomic E-state index is 8.85. The van der Waals surface area contributed by atoms with Crippen molar-refractivity contribution in [2.24, 2.45) is 9.98 Å². The average molecular weight is 701 g/mol. The summed E-state index contributed by atoms with van der Waals surface area (Å²) in [6.45, 7) is 4.28. The topological polar surface area (TPSA) is 61.0 Å². The Hall–Kier alpha value is -6.89. The van der Waals surface area contributed by atoms with Gasteiger partial charge in [0.05, 0.1) is 17.6 Å². The maximum Gasteiger partial charge on any atom is 0.163 e. The van der Waals surface area contributed by atoms with Crippen molar-refractivity contribution >= 4 is 78.6 Å². The highest BCUT2D eigenvalue weighted by molar-refractivity contribution is 7.25. The van der Waals surface area contributed by atoms with Gasteiger partial charge in [-0.25, -0.2) is 9.98 Å². The molecule has 0 bridgehead atoms. The Morgan fingerprint density at radius 1 is 0.660 bits per heavy atom. The zero-order valence-electron chi connectivity index (χ0n) is 28.6. The molecule has 2 aliphatic heterocycles. The van der Waals surface area contributed by atoms with E-state index < -0.39 is 0 Å². The second-order valence-electron chi connectivity index (χ2n) is 12.8. The Kier molecular flexibility index (Phi) is 8.27. The van der Waals surface area contributed by atoms with Crippen molar-refractivity contribution < 1.29 is 4.74 Å². The van der Waals surface area contributed by atoms with Crippen molar-refractivity contribution in [2.45, 2.75) is 0 Å². The van der Waals surface area contributed by atoms with Gasteiger partial charge in [-0.05, 0) is 53.1 Å². The third kappa shape index (κ3) is 6.11. The molecule has 2 aliphatic rings. The van der Waals surface area contributed by atoms with Crippen LogP contribution >= 0.6 is 11.3 Å². The van der Waals surface area contributed by atoms with E-state index in [9.17, 15) is 0 Å². The van der Waals surface area contributed by atoms with Crippen LogP contribution in [0.15, 0.2) is 175 Å². The number of ether oxygens (including phenoxy) is 1. The standard InChI is InChI=1S/C47H32N4OS/c1-31-13-10-11-26-52-45-37(31)19-12-20-38(45)34-24-25-41-35(27-34)22-23-36-28-44-40(39-18-8-9-21-43(39)53-44)29-42(36)51(41)30-49-47(33-16-6-3-7-17-33)50-46(48)32-14-4-2-5-15-32/h2-30,48H,1H2/b13-10-,26-11-,48-46?,49-30?,50-47?. The van der Waals surface area contributed by atoms with Crippen molar-refractivity contribution in [3.05, 3.63) is 192 Å². The first-order chi connectivity index (χ1) is 26.1. The largest absolute Gasteiger partial charge is 0.464 e. The Balaban J connectivity index is 1.21. The summed E-state index contributed by atoms with van der Waals surface area (Å²) in [5, 5.41) is 11.3. The number of thiophene rings is 1. The van der Waals surface area contributed by atoms with Crippen molar-refractivity contribution in [3.8, 4) is 16.9 Å². The predicted octanol–water partition coefficient (Wildman–Crippen LogP) is 12.3. The minimum Gasteiger partial charge on any atom is -0.464 e. The summed E-state index contributed by atoms with van der Waals surface area (Å²) < 4.78 is 8.67. The molecule has 53 heavy (non-hydrogen) atoms. The molecule has 0 saturated carbocycles. The normalized spacial score (nSPS) is 14.9. The van der Waals surface area contributed by atoms with E-state index in [0.29, 0.717) is 5.84 Å². The van der Waals surface area contributed by atoms with Crippen molar-refractivity contribution in [2.75, 3.05) is 4.90 Å². The van der Waals surface area contributed by atoms with E-state index in [0.717, 1.165) is 61.6 Å². The number of aliphatic imine (C=N–C) groups is 2. The molecule has 0 aliphatic carbocycles. The molecule has 0 radical (unpaired) electrons. The lowest BCUT2D eigenvalue weighted by Crippen LogP contribution is -2.18. The first kappa shape index (κ1) is 32.0. The maximum atomic E-state index is 8.85. The fourth-order valence-electron chi connectivity index (χ4n) is 6.82. The molecule has 0 spiro atoms. The summed E-state index contributed by atoms with van der Waals surface area (Å²) in [6, 6.07) is 45.1. The molecular weight excluding hydrogens is 669 g/mol. The fraction of sp³-hybridized carbons (Fsp3) is 0. The van der Waals surface area contributed by atoms with Gasteiger partial charge in [-0.1, -0.05) is 134 Å². The summed E-state index contributed by atoms with van der Waals surface area (Å²) in [6.07, 6.45) is 13.7. The second kappa shape index (κ2) is 13.7. The number of para-hydroxylation sites is 1. The second-order valence-corrected chi connectivity index (χ2v) is 13.8. The van der Waals surface area contributed by atoms with Gasteiger partial charge in [-0.3, -0.25) is 10.3 Å². The van der Waals surface area contributed by atoms with Gasteiger partial charge in [0.25, 0.3) is 0 Å². The van der Waals surface area contributed by atoms with E-state index in [-0.39, 0.29) is 5.84 Å². The molecule has 9 rings (SSSR count). The molecule has 252 valence electrons. The molecule has 0 saturated heterocycles. The third-order valence-corrected chi connectivity index (χ3v) is 10.6.